The third kappa shape index (κ3) is 3.25. The summed E-state index contributed by atoms with van der Waals surface area (Å²) in [7, 11) is -3.31. The van der Waals surface area contributed by atoms with Crippen molar-refractivity contribution in [2.75, 3.05) is 18.8 Å². The summed E-state index contributed by atoms with van der Waals surface area (Å²) in [5.74, 6) is 2.77. The van der Waals surface area contributed by atoms with Crippen molar-refractivity contribution < 1.29 is 13.5 Å². The van der Waals surface area contributed by atoms with E-state index in [9.17, 15) is 13.5 Å². The van der Waals surface area contributed by atoms with Crippen LogP contribution in [0.2, 0.25) is 5.02 Å². The molecule has 0 spiro atoms. The van der Waals surface area contributed by atoms with E-state index >= 15 is 0 Å². The van der Waals surface area contributed by atoms with Crippen molar-refractivity contribution in [3.05, 3.63) is 34.9 Å². The van der Waals surface area contributed by atoms with Gasteiger partial charge in [-0.3, -0.25) is 0 Å². The third-order valence-electron chi connectivity index (χ3n) is 7.71. The standard InChI is InChI=1S/C21H28ClNO3S/c22-19-3-1-18(2-4-19)21(24)13-23(14-21)27(25,26)6-5-20-10-15-7-16(11-20)9-17(8-15)12-20/h1-4,15-17,24H,5-14H2. The average molecular weight is 410 g/mol. The van der Waals surface area contributed by atoms with Gasteiger partial charge in [-0.25, -0.2) is 8.42 Å². The monoisotopic (exact) mass is 409 g/mol. The van der Waals surface area contributed by atoms with Crippen LogP contribution < -0.4 is 0 Å². The van der Waals surface area contributed by atoms with Crippen LogP contribution in [-0.2, 0) is 15.6 Å². The topological polar surface area (TPSA) is 57.6 Å². The number of aliphatic hydroxyl groups is 1. The largest absolute Gasteiger partial charge is 0.382 e. The molecule has 0 unspecified atom stereocenters. The van der Waals surface area contributed by atoms with Gasteiger partial charge in [-0.05, 0) is 85.8 Å². The van der Waals surface area contributed by atoms with E-state index in [0.29, 0.717) is 5.02 Å². The normalized spacial score (nSPS) is 37.3. The second-order valence-corrected chi connectivity index (χ2v) is 12.3. The predicted molar refractivity (Wildman–Crippen MR) is 106 cm³/mol. The minimum atomic E-state index is -3.31. The van der Waals surface area contributed by atoms with Crippen LogP contribution in [0, 0.1) is 23.2 Å². The Hall–Kier alpha value is -0.620. The van der Waals surface area contributed by atoms with Crippen molar-refractivity contribution in [2.24, 2.45) is 23.2 Å². The van der Waals surface area contributed by atoms with Gasteiger partial charge in [-0.15, -0.1) is 0 Å². The molecule has 0 amide bonds. The molecule has 27 heavy (non-hydrogen) atoms. The van der Waals surface area contributed by atoms with Gasteiger partial charge in [-0.1, -0.05) is 23.7 Å². The molecule has 1 aromatic carbocycles. The van der Waals surface area contributed by atoms with Crippen molar-refractivity contribution >= 4 is 21.6 Å². The fourth-order valence-electron chi connectivity index (χ4n) is 6.75. The van der Waals surface area contributed by atoms with E-state index in [4.69, 9.17) is 11.6 Å². The molecule has 6 rings (SSSR count). The summed E-state index contributed by atoms with van der Waals surface area (Å²) in [6.07, 6.45) is 8.66. The van der Waals surface area contributed by atoms with Gasteiger partial charge in [0.05, 0.1) is 5.75 Å². The van der Waals surface area contributed by atoms with Crippen molar-refractivity contribution in [1.82, 2.24) is 4.31 Å². The molecular formula is C21H28ClNO3S. The van der Waals surface area contributed by atoms with Crippen LogP contribution in [0.1, 0.15) is 50.5 Å². The van der Waals surface area contributed by atoms with Gasteiger partial charge in [0, 0.05) is 18.1 Å². The Bertz CT molecular complexity index is 794. The maximum Gasteiger partial charge on any atom is 0.214 e. The van der Waals surface area contributed by atoms with E-state index in [1.165, 1.54) is 42.8 Å². The molecule has 0 atom stereocenters. The van der Waals surface area contributed by atoms with E-state index in [-0.39, 0.29) is 24.3 Å². The van der Waals surface area contributed by atoms with Crippen molar-refractivity contribution in [3.63, 3.8) is 0 Å². The Morgan fingerprint density at radius 2 is 1.52 bits per heavy atom. The smallest absolute Gasteiger partial charge is 0.214 e. The molecule has 1 aromatic rings. The van der Waals surface area contributed by atoms with Gasteiger partial charge in [0.15, 0.2) is 0 Å². The molecule has 4 bridgehead atoms. The van der Waals surface area contributed by atoms with Gasteiger partial charge in [0.1, 0.15) is 5.60 Å². The number of sulfonamides is 1. The molecule has 1 aliphatic heterocycles. The van der Waals surface area contributed by atoms with Crippen LogP contribution >= 0.6 is 11.6 Å². The molecule has 5 fully saturated rings. The third-order valence-corrected chi connectivity index (χ3v) is 9.72. The molecule has 4 aliphatic carbocycles. The van der Waals surface area contributed by atoms with Crippen LogP contribution in [0.5, 0.6) is 0 Å². The average Bonchev–Trinajstić information content (AvgIpc) is 2.57. The number of halogens is 1. The highest BCUT2D eigenvalue weighted by Crippen LogP contribution is 2.61. The lowest BCUT2D eigenvalue weighted by molar-refractivity contribution is -0.0662. The summed E-state index contributed by atoms with van der Waals surface area (Å²) in [5.41, 5.74) is -0.0724. The van der Waals surface area contributed by atoms with Gasteiger partial charge in [0.2, 0.25) is 10.0 Å². The molecular weight excluding hydrogens is 382 g/mol. The molecule has 148 valence electrons. The summed E-state index contributed by atoms with van der Waals surface area (Å²) in [6.45, 7) is 0.301. The Kier molecular flexibility index (Phi) is 4.22. The van der Waals surface area contributed by atoms with Gasteiger partial charge >= 0.3 is 0 Å². The summed E-state index contributed by atoms with van der Waals surface area (Å²) in [6, 6.07) is 7.03. The number of hydrogen-bond acceptors (Lipinski definition) is 3. The Morgan fingerprint density at radius 3 is 2.04 bits per heavy atom. The summed E-state index contributed by atoms with van der Waals surface area (Å²) < 4.78 is 27.2. The summed E-state index contributed by atoms with van der Waals surface area (Å²) in [5, 5.41) is 11.4. The molecule has 0 aromatic heterocycles. The minimum absolute atomic E-state index is 0.151. The molecule has 1 heterocycles. The summed E-state index contributed by atoms with van der Waals surface area (Å²) in [4.78, 5) is 0. The van der Waals surface area contributed by atoms with Gasteiger partial charge < -0.3 is 5.11 Å². The molecule has 4 saturated carbocycles. The first-order chi connectivity index (χ1) is 12.8. The zero-order valence-electron chi connectivity index (χ0n) is 15.6. The first-order valence-electron chi connectivity index (χ1n) is 10.2. The maximum absolute atomic E-state index is 12.9. The van der Waals surface area contributed by atoms with E-state index in [2.05, 4.69) is 0 Å². The number of benzene rings is 1. The maximum atomic E-state index is 12.9. The highest BCUT2D eigenvalue weighted by Gasteiger charge is 2.52. The number of rotatable bonds is 5. The Balaban J connectivity index is 1.22. The van der Waals surface area contributed by atoms with Crippen molar-refractivity contribution in [2.45, 2.75) is 50.5 Å². The van der Waals surface area contributed by atoms with Crippen LogP contribution in [0.25, 0.3) is 0 Å². The van der Waals surface area contributed by atoms with Crippen LogP contribution in [0.4, 0.5) is 0 Å². The van der Waals surface area contributed by atoms with E-state index in [0.717, 1.165) is 29.7 Å². The highest BCUT2D eigenvalue weighted by molar-refractivity contribution is 7.89. The van der Waals surface area contributed by atoms with Crippen molar-refractivity contribution in [1.29, 1.82) is 0 Å². The van der Waals surface area contributed by atoms with Gasteiger partial charge in [0.25, 0.3) is 0 Å². The Labute approximate surface area is 167 Å². The summed E-state index contributed by atoms with van der Waals surface area (Å²) >= 11 is 5.91. The second-order valence-electron chi connectivity index (χ2n) is 9.79. The van der Waals surface area contributed by atoms with Gasteiger partial charge in [-0.2, -0.15) is 4.31 Å². The molecule has 1 N–H and O–H groups in total. The fourth-order valence-corrected chi connectivity index (χ4v) is 8.64. The fraction of sp³-hybridized carbons (Fsp3) is 0.714. The number of β-amino-alcohol motifs (C(OH)–C–C–N with tert-alkyl or cyclic N) is 1. The molecule has 0 radical (unpaired) electrons. The lowest BCUT2D eigenvalue weighted by Crippen LogP contribution is -2.61. The SMILES string of the molecule is O=S(=O)(CCC12CC3CC(CC(C3)C1)C2)N1CC(O)(c2ccc(Cl)cc2)C1. The first-order valence-corrected chi connectivity index (χ1v) is 12.2. The zero-order chi connectivity index (χ0) is 18.9. The van der Waals surface area contributed by atoms with E-state index < -0.39 is 15.6 Å². The highest BCUT2D eigenvalue weighted by atomic mass is 35.5. The molecule has 4 nitrogen and oxygen atoms in total. The van der Waals surface area contributed by atoms with E-state index in [1.54, 1.807) is 24.3 Å². The first kappa shape index (κ1) is 18.4. The Morgan fingerprint density at radius 1 is 1.00 bits per heavy atom. The zero-order valence-corrected chi connectivity index (χ0v) is 17.2. The predicted octanol–water partition coefficient (Wildman–Crippen LogP) is 3.78. The molecule has 6 heteroatoms. The second kappa shape index (κ2) is 6.19. The number of nitrogens with zero attached hydrogens (tertiary/aromatic N) is 1. The number of hydrogen-bond donors (Lipinski definition) is 1. The van der Waals surface area contributed by atoms with Crippen LogP contribution in [-0.4, -0.2) is 36.7 Å². The molecule has 1 saturated heterocycles. The van der Waals surface area contributed by atoms with Crippen LogP contribution in [0.15, 0.2) is 24.3 Å². The lowest BCUT2D eigenvalue weighted by atomic mass is 9.49. The van der Waals surface area contributed by atoms with Crippen molar-refractivity contribution in [3.8, 4) is 0 Å². The van der Waals surface area contributed by atoms with E-state index in [1.807, 2.05) is 0 Å². The minimum Gasteiger partial charge on any atom is -0.382 e. The van der Waals surface area contributed by atoms with Crippen LogP contribution in [0.3, 0.4) is 0 Å². The molecule has 5 aliphatic rings. The quantitative estimate of drug-likeness (QED) is 0.805. The lowest BCUT2D eigenvalue weighted by Gasteiger charge is -2.57.